The molecule has 0 N–H and O–H groups in total. The third kappa shape index (κ3) is 2.08. The summed E-state index contributed by atoms with van der Waals surface area (Å²) >= 11 is 0. The number of aryl methyl sites for hydroxylation is 1. The van der Waals surface area contributed by atoms with Crippen LogP contribution < -0.4 is 4.90 Å². The van der Waals surface area contributed by atoms with E-state index >= 15 is 0 Å². The van der Waals surface area contributed by atoms with E-state index in [0.717, 1.165) is 18.2 Å². The summed E-state index contributed by atoms with van der Waals surface area (Å²) in [4.78, 5) is 11.1. The minimum absolute atomic E-state index is 0.459. The van der Waals surface area contributed by atoms with Crippen molar-refractivity contribution in [3.05, 3.63) is 54.0 Å². The molecule has 1 aliphatic heterocycles. The van der Waals surface area contributed by atoms with Crippen molar-refractivity contribution in [1.82, 2.24) is 9.97 Å². The lowest BCUT2D eigenvalue weighted by Gasteiger charge is -2.26. The first kappa shape index (κ1) is 11.2. The van der Waals surface area contributed by atoms with Crippen molar-refractivity contribution in [2.45, 2.75) is 25.8 Å². The van der Waals surface area contributed by atoms with E-state index in [1.165, 1.54) is 18.4 Å². The highest BCUT2D eigenvalue weighted by atomic mass is 15.2. The van der Waals surface area contributed by atoms with Crippen LogP contribution in [0.3, 0.4) is 0 Å². The summed E-state index contributed by atoms with van der Waals surface area (Å²) in [6.07, 6.45) is 4.27. The van der Waals surface area contributed by atoms with E-state index in [4.69, 9.17) is 0 Å². The fraction of sp³-hybridized carbons (Fsp3) is 0.333. The first-order valence-corrected chi connectivity index (χ1v) is 6.46. The van der Waals surface area contributed by atoms with Crippen LogP contribution in [0, 0.1) is 6.92 Å². The Morgan fingerprint density at radius 3 is 2.78 bits per heavy atom. The van der Waals surface area contributed by atoms with E-state index in [-0.39, 0.29) is 0 Å². The lowest BCUT2D eigenvalue weighted by atomic mass is 10.0. The predicted octanol–water partition coefficient (Wildman–Crippen LogP) is 3.13. The maximum Gasteiger partial charge on any atom is 0.132 e. The Bertz CT molecular complexity index is 524. The Kier molecular flexibility index (Phi) is 2.97. The van der Waals surface area contributed by atoms with Gasteiger partial charge in [-0.1, -0.05) is 30.3 Å². The summed E-state index contributed by atoms with van der Waals surface area (Å²) in [6.45, 7) is 3.02. The highest BCUT2D eigenvalue weighted by Crippen LogP contribution is 2.34. The maximum absolute atomic E-state index is 4.55. The van der Waals surface area contributed by atoms with Crippen molar-refractivity contribution in [1.29, 1.82) is 0 Å². The molecular weight excluding hydrogens is 222 g/mol. The number of nitrogens with zero attached hydrogens (tertiary/aromatic N) is 3. The van der Waals surface area contributed by atoms with Crippen LogP contribution in [-0.2, 0) is 0 Å². The molecule has 1 saturated heterocycles. The van der Waals surface area contributed by atoms with Crippen molar-refractivity contribution in [3.8, 4) is 0 Å². The Morgan fingerprint density at radius 1 is 1.17 bits per heavy atom. The van der Waals surface area contributed by atoms with Crippen LogP contribution in [-0.4, -0.2) is 16.5 Å². The fourth-order valence-corrected chi connectivity index (χ4v) is 2.67. The molecule has 1 aliphatic rings. The molecule has 3 rings (SSSR count). The molecule has 0 saturated carbocycles. The molecule has 18 heavy (non-hydrogen) atoms. The van der Waals surface area contributed by atoms with E-state index in [1.54, 1.807) is 0 Å². The molecule has 1 fully saturated rings. The van der Waals surface area contributed by atoms with Crippen LogP contribution in [0.5, 0.6) is 0 Å². The highest BCUT2D eigenvalue weighted by Gasteiger charge is 2.26. The Labute approximate surface area is 108 Å². The summed E-state index contributed by atoms with van der Waals surface area (Å²) in [5, 5.41) is 0. The minimum atomic E-state index is 0.459. The molecule has 0 radical (unpaired) electrons. The zero-order chi connectivity index (χ0) is 12.4. The van der Waals surface area contributed by atoms with E-state index in [0.29, 0.717) is 6.04 Å². The molecule has 1 aromatic carbocycles. The topological polar surface area (TPSA) is 29.0 Å². The predicted molar refractivity (Wildman–Crippen MR) is 72.5 cm³/mol. The number of hydrogen-bond donors (Lipinski definition) is 0. The largest absolute Gasteiger partial charge is 0.349 e. The SMILES string of the molecule is Cc1nccc(N2CCCC2c2ccccc2)n1. The normalized spacial score (nSPS) is 19.2. The molecule has 0 bridgehead atoms. The van der Waals surface area contributed by atoms with Gasteiger partial charge in [0.25, 0.3) is 0 Å². The molecule has 3 heteroatoms. The van der Waals surface area contributed by atoms with Gasteiger partial charge in [0.1, 0.15) is 11.6 Å². The summed E-state index contributed by atoms with van der Waals surface area (Å²) in [5.41, 5.74) is 1.38. The average Bonchev–Trinajstić information content (AvgIpc) is 2.89. The van der Waals surface area contributed by atoms with Gasteiger partial charge in [0.05, 0.1) is 6.04 Å². The maximum atomic E-state index is 4.55. The summed E-state index contributed by atoms with van der Waals surface area (Å²) in [5.74, 6) is 1.89. The van der Waals surface area contributed by atoms with Crippen molar-refractivity contribution >= 4 is 5.82 Å². The van der Waals surface area contributed by atoms with Gasteiger partial charge in [-0.25, -0.2) is 9.97 Å². The van der Waals surface area contributed by atoms with E-state index in [2.05, 4.69) is 45.2 Å². The van der Waals surface area contributed by atoms with Crippen LogP contribution in [0.15, 0.2) is 42.6 Å². The summed E-state index contributed by atoms with van der Waals surface area (Å²) in [7, 11) is 0. The molecule has 1 unspecified atom stereocenters. The quantitative estimate of drug-likeness (QED) is 0.806. The van der Waals surface area contributed by atoms with Crippen molar-refractivity contribution in [3.63, 3.8) is 0 Å². The lowest BCUT2D eigenvalue weighted by Crippen LogP contribution is -2.23. The standard InChI is InChI=1S/C15H17N3/c1-12-16-10-9-15(17-12)18-11-5-8-14(18)13-6-3-2-4-7-13/h2-4,6-7,9-10,14H,5,8,11H2,1H3. The molecule has 0 aliphatic carbocycles. The zero-order valence-electron chi connectivity index (χ0n) is 10.6. The molecule has 92 valence electrons. The number of rotatable bonds is 2. The second-order valence-corrected chi connectivity index (χ2v) is 4.72. The van der Waals surface area contributed by atoms with Gasteiger partial charge < -0.3 is 4.90 Å². The monoisotopic (exact) mass is 239 g/mol. The van der Waals surface area contributed by atoms with Gasteiger partial charge in [-0.05, 0) is 31.4 Å². The number of hydrogen-bond acceptors (Lipinski definition) is 3. The van der Waals surface area contributed by atoms with Gasteiger partial charge >= 0.3 is 0 Å². The van der Waals surface area contributed by atoms with E-state index in [9.17, 15) is 0 Å². The second-order valence-electron chi connectivity index (χ2n) is 4.72. The van der Waals surface area contributed by atoms with Gasteiger partial charge in [0.2, 0.25) is 0 Å². The van der Waals surface area contributed by atoms with Gasteiger partial charge in [0.15, 0.2) is 0 Å². The van der Waals surface area contributed by atoms with Crippen LogP contribution >= 0.6 is 0 Å². The smallest absolute Gasteiger partial charge is 0.132 e. The Morgan fingerprint density at radius 2 is 2.00 bits per heavy atom. The van der Waals surface area contributed by atoms with Crippen LogP contribution in [0.25, 0.3) is 0 Å². The first-order valence-electron chi connectivity index (χ1n) is 6.46. The lowest BCUT2D eigenvalue weighted by molar-refractivity contribution is 0.709. The summed E-state index contributed by atoms with van der Waals surface area (Å²) < 4.78 is 0. The van der Waals surface area contributed by atoms with Gasteiger partial charge in [-0.3, -0.25) is 0 Å². The van der Waals surface area contributed by atoms with E-state index in [1.807, 2.05) is 19.2 Å². The van der Waals surface area contributed by atoms with Gasteiger partial charge in [0, 0.05) is 12.7 Å². The van der Waals surface area contributed by atoms with Crippen molar-refractivity contribution in [2.24, 2.45) is 0 Å². The molecule has 1 atom stereocenters. The molecule has 3 nitrogen and oxygen atoms in total. The molecule has 2 aromatic rings. The third-order valence-electron chi connectivity index (χ3n) is 3.49. The fourth-order valence-electron chi connectivity index (χ4n) is 2.67. The van der Waals surface area contributed by atoms with Crippen molar-refractivity contribution in [2.75, 3.05) is 11.4 Å². The minimum Gasteiger partial charge on any atom is -0.349 e. The number of anilines is 1. The summed E-state index contributed by atoms with van der Waals surface area (Å²) in [6, 6.07) is 13.2. The molecule has 0 amide bonds. The first-order chi connectivity index (χ1) is 8.84. The number of aromatic nitrogens is 2. The van der Waals surface area contributed by atoms with Gasteiger partial charge in [-0.15, -0.1) is 0 Å². The van der Waals surface area contributed by atoms with E-state index < -0.39 is 0 Å². The molecular formula is C15H17N3. The average molecular weight is 239 g/mol. The number of benzene rings is 1. The van der Waals surface area contributed by atoms with Crippen molar-refractivity contribution < 1.29 is 0 Å². The Balaban J connectivity index is 1.92. The molecule has 1 aromatic heterocycles. The Hall–Kier alpha value is -1.90. The highest BCUT2D eigenvalue weighted by molar-refractivity contribution is 5.43. The van der Waals surface area contributed by atoms with Gasteiger partial charge in [-0.2, -0.15) is 0 Å². The van der Waals surface area contributed by atoms with Crippen LogP contribution in [0.1, 0.15) is 30.3 Å². The van der Waals surface area contributed by atoms with Crippen LogP contribution in [0.4, 0.5) is 5.82 Å². The molecule has 2 heterocycles. The molecule has 0 spiro atoms. The van der Waals surface area contributed by atoms with Crippen LogP contribution in [0.2, 0.25) is 0 Å². The third-order valence-corrected chi connectivity index (χ3v) is 3.49. The second kappa shape index (κ2) is 4.77. The zero-order valence-corrected chi connectivity index (χ0v) is 10.6.